The van der Waals surface area contributed by atoms with Crippen molar-refractivity contribution in [3.63, 3.8) is 0 Å². The highest BCUT2D eigenvalue weighted by atomic mass is 35.5. The van der Waals surface area contributed by atoms with Crippen LogP contribution in [0.1, 0.15) is 6.92 Å². The van der Waals surface area contributed by atoms with Crippen LogP contribution in [0, 0.1) is 0 Å². The standard InChI is InChI=1S/C12H13ClN6OS/c1-6(21-12-18-10(14)17-11(15)19-12)9(20)16-8-5-3-2-4-7(8)13/h2-6H,1H3,(H,16,20)(H4,14,15,17,18,19)/t6-/m0/s1. The number of aromatic nitrogens is 3. The first-order valence-electron chi connectivity index (χ1n) is 5.95. The molecule has 0 saturated carbocycles. The van der Waals surface area contributed by atoms with Crippen molar-refractivity contribution in [1.29, 1.82) is 0 Å². The molecule has 9 heteroatoms. The maximum Gasteiger partial charge on any atom is 0.237 e. The van der Waals surface area contributed by atoms with E-state index in [-0.39, 0.29) is 17.8 Å². The summed E-state index contributed by atoms with van der Waals surface area (Å²) in [4.78, 5) is 23.6. The number of benzene rings is 1. The second kappa shape index (κ2) is 6.59. The number of halogens is 1. The lowest BCUT2D eigenvalue weighted by molar-refractivity contribution is -0.115. The Balaban J connectivity index is 2.04. The Hall–Kier alpha value is -2.06. The van der Waals surface area contributed by atoms with E-state index in [9.17, 15) is 4.79 Å². The number of nitrogens with zero attached hydrogens (tertiary/aromatic N) is 3. The van der Waals surface area contributed by atoms with E-state index in [2.05, 4.69) is 20.3 Å². The first kappa shape index (κ1) is 15.3. The van der Waals surface area contributed by atoms with E-state index in [4.69, 9.17) is 23.1 Å². The average molecular weight is 325 g/mol. The van der Waals surface area contributed by atoms with Gasteiger partial charge in [-0.1, -0.05) is 35.5 Å². The summed E-state index contributed by atoms with van der Waals surface area (Å²) in [6.07, 6.45) is 0. The van der Waals surface area contributed by atoms with Crippen molar-refractivity contribution in [3.05, 3.63) is 29.3 Å². The number of amides is 1. The van der Waals surface area contributed by atoms with Crippen LogP contribution in [-0.4, -0.2) is 26.1 Å². The predicted octanol–water partition coefficient (Wildman–Crippen LogP) is 1.81. The number of para-hydroxylation sites is 1. The van der Waals surface area contributed by atoms with Gasteiger partial charge in [0.15, 0.2) is 5.16 Å². The van der Waals surface area contributed by atoms with Crippen LogP contribution in [0.25, 0.3) is 0 Å². The maximum absolute atomic E-state index is 12.1. The van der Waals surface area contributed by atoms with Gasteiger partial charge in [-0.05, 0) is 19.1 Å². The van der Waals surface area contributed by atoms with Crippen LogP contribution < -0.4 is 16.8 Å². The van der Waals surface area contributed by atoms with E-state index >= 15 is 0 Å². The smallest absolute Gasteiger partial charge is 0.237 e. The van der Waals surface area contributed by atoms with Crippen molar-refractivity contribution < 1.29 is 4.79 Å². The summed E-state index contributed by atoms with van der Waals surface area (Å²) in [5, 5.41) is 3.04. The number of carbonyl (C=O) groups excluding carboxylic acids is 1. The Kier molecular flexibility index (Phi) is 4.81. The van der Waals surface area contributed by atoms with Crippen molar-refractivity contribution in [3.8, 4) is 0 Å². The third-order valence-electron chi connectivity index (χ3n) is 2.43. The quantitative estimate of drug-likeness (QED) is 0.733. The lowest BCUT2D eigenvalue weighted by atomic mass is 10.3. The molecule has 21 heavy (non-hydrogen) atoms. The molecule has 2 aromatic rings. The molecule has 1 heterocycles. The molecule has 0 unspecified atom stereocenters. The highest BCUT2D eigenvalue weighted by Gasteiger charge is 2.17. The molecule has 1 atom stereocenters. The Morgan fingerprint density at radius 2 is 1.86 bits per heavy atom. The molecule has 5 N–H and O–H groups in total. The Morgan fingerprint density at radius 3 is 2.48 bits per heavy atom. The van der Waals surface area contributed by atoms with E-state index in [0.29, 0.717) is 15.9 Å². The maximum atomic E-state index is 12.1. The second-order valence-corrected chi connectivity index (χ2v) is 5.78. The minimum atomic E-state index is -0.456. The van der Waals surface area contributed by atoms with E-state index in [1.165, 1.54) is 0 Å². The first-order chi connectivity index (χ1) is 9.95. The Bertz CT molecular complexity index is 648. The summed E-state index contributed by atoms with van der Waals surface area (Å²) in [5.41, 5.74) is 11.5. The molecule has 0 aliphatic rings. The van der Waals surface area contributed by atoms with Crippen LogP contribution in [0.2, 0.25) is 5.02 Å². The SMILES string of the molecule is C[C@H](Sc1nc(N)nc(N)n1)C(=O)Nc1ccccc1Cl. The zero-order chi connectivity index (χ0) is 15.4. The highest BCUT2D eigenvalue weighted by Crippen LogP contribution is 2.24. The van der Waals surface area contributed by atoms with E-state index in [1.807, 2.05) is 0 Å². The highest BCUT2D eigenvalue weighted by molar-refractivity contribution is 8.00. The first-order valence-corrected chi connectivity index (χ1v) is 7.20. The van der Waals surface area contributed by atoms with Gasteiger partial charge in [0.1, 0.15) is 0 Å². The van der Waals surface area contributed by atoms with Gasteiger partial charge in [-0.3, -0.25) is 4.79 Å². The fourth-order valence-corrected chi connectivity index (χ4v) is 2.41. The fourth-order valence-electron chi connectivity index (χ4n) is 1.45. The van der Waals surface area contributed by atoms with Gasteiger partial charge in [0.05, 0.1) is 16.0 Å². The fraction of sp³-hybridized carbons (Fsp3) is 0.167. The molecule has 0 fully saturated rings. The number of nitrogens with two attached hydrogens (primary N) is 2. The molecule has 0 saturated heterocycles. The molecule has 0 aliphatic heterocycles. The van der Waals surface area contributed by atoms with E-state index in [0.717, 1.165) is 11.8 Å². The Morgan fingerprint density at radius 1 is 1.24 bits per heavy atom. The molecule has 0 bridgehead atoms. The van der Waals surface area contributed by atoms with Crippen molar-refractivity contribution >= 4 is 46.9 Å². The average Bonchev–Trinajstić information content (AvgIpc) is 2.40. The number of hydrogen-bond donors (Lipinski definition) is 3. The summed E-state index contributed by atoms with van der Waals surface area (Å²) in [6.45, 7) is 1.72. The summed E-state index contributed by atoms with van der Waals surface area (Å²) in [6, 6.07) is 6.98. The molecule has 0 spiro atoms. The number of thioether (sulfide) groups is 1. The third kappa shape index (κ3) is 4.20. The van der Waals surface area contributed by atoms with Gasteiger partial charge in [-0.2, -0.15) is 15.0 Å². The Labute approximate surface area is 130 Å². The van der Waals surface area contributed by atoms with Crippen molar-refractivity contribution in [2.24, 2.45) is 0 Å². The number of anilines is 3. The van der Waals surface area contributed by atoms with Crippen LogP contribution in [-0.2, 0) is 4.79 Å². The predicted molar refractivity (Wildman–Crippen MR) is 84.1 cm³/mol. The second-order valence-electron chi connectivity index (χ2n) is 4.06. The van der Waals surface area contributed by atoms with Crippen LogP contribution in [0.5, 0.6) is 0 Å². The van der Waals surface area contributed by atoms with Gasteiger partial charge in [0, 0.05) is 0 Å². The van der Waals surface area contributed by atoms with Crippen molar-refractivity contribution in [2.45, 2.75) is 17.3 Å². The van der Waals surface area contributed by atoms with Crippen LogP contribution in [0.15, 0.2) is 29.4 Å². The molecular weight excluding hydrogens is 312 g/mol. The summed E-state index contributed by atoms with van der Waals surface area (Å²) >= 11 is 7.11. The minimum Gasteiger partial charge on any atom is -0.368 e. The largest absolute Gasteiger partial charge is 0.368 e. The molecule has 2 rings (SSSR count). The number of hydrogen-bond acceptors (Lipinski definition) is 7. The monoisotopic (exact) mass is 324 g/mol. The van der Waals surface area contributed by atoms with E-state index in [1.54, 1.807) is 31.2 Å². The van der Waals surface area contributed by atoms with Gasteiger partial charge in [-0.25, -0.2) is 0 Å². The van der Waals surface area contributed by atoms with Crippen LogP contribution >= 0.6 is 23.4 Å². The van der Waals surface area contributed by atoms with Gasteiger partial charge >= 0.3 is 0 Å². The number of rotatable bonds is 4. The molecule has 0 radical (unpaired) electrons. The van der Waals surface area contributed by atoms with Gasteiger partial charge in [-0.15, -0.1) is 0 Å². The van der Waals surface area contributed by atoms with Gasteiger partial charge in [0.25, 0.3) is 0 Å². The molecule has 110 valence electrons. The van der Waals surface area contributed by atoms with Crippen LogP contribution in [0.4, 0.5) is 17.6 Å². The number of nitrogen functional groups attached to an aromatic ring is 2. The normalized spacial score (nSPS) is 11.9. The molecule has 7 nitrogen and oxygen atoms in total. The molecule has 0 aliphatic carbocycles. The summed E-state index contributed by atoms with van der Waals surface area (Å²) in [7, 11) is 0. The zero-order valence-corrected chi connectivity index (χ0v) is 12.6. The topological polar surface area (TPSA) is 120 Å². The van der Waals surface area contributed by atoms with Gasteiger partial charge in [0.2, 0.25) is 17.8 Å². The van der Waals surface area contributed by atoms with Crippen molar-refractivity contribution in [1.82, 2.24) is 15.0 Å². The molecular formula is C12H13ClN6OS. The van der Waals surface area contributed by atoms with Crippen molar-refractivity contribution in [2.75, 3.05) is 16.8 Å². The van der Waals surface area contributed by atoms with Gasteiger partial charge < -0.3 is 16.8 Å². The summed E-state index contributed by atoms with van der Waals surface area (Å²) in [5.74, 6) is -0.196. The molecule has 1 amide bonds. The lowest BCUT2D eigenvalue weighted by Crippen LogP contribution is -2.23. The third-order valence-corrected chi connectivity index (χ3v) is 3.72. The zero-order valence-electron chi connectivity index (χ0n) is 11.1. The molecule has 1 aromatic carbocycles. The lowest BCUT2D eigenvalue weighted by Gasteiger charge is -2.12. The minimum absolute atomic E-state index is 0.0173. The van der Waals surface area contributed by atoms with E-state index < -0.39 is 5.25 Å². The van der Waals surface area contributed by atoms with Crippen LogP contribution in [0.3, 0.4) is 0 Å². The number of carbonyl (C=O) groups is 1. The number of nitrogens with one attached hydrogen (secondary N) is 1. The summed E-state index contributed by atoms with van der Waals surface area (Å²) < 4.78 is 0. The molecule has 1 aromatic heterocycles.